The second-order valence-electron chi connectivity index (χ2n) is 4.66. The molecule has 1 aliphatic heterocycles. The smallest absolute Gasteiger partial charge is 0.352 e. The van der Waals surface area contributed by atoms with Crippen molar-refractivity contribution in [1.29, 1.82) is 0 Å². The molecule has 0 radical (unpaired) electrons. The zero-order valence-electron chi connectivity index (χ0n) is 11.8. The highest BCUT2D eigenvalue weighted by Crippen LogP contribution is 2.38. The van der Waals surface area contributed by atoms with Crippen LogP contribution in [0.5, 0.6) is 11.5 Å². The number of carbonyl (C=O) groups is 1. The summed E-state index contributed by atoms with van der Waals surface area (Å²) in [6.07, 6.45) is 1.10. The molecule has 0 bridgehead atoms. The van der Waals surface area contributed by atoms with Crippen LogP contribution in [0, 0.1) is 4.91 Å². The molecule has 1 aromatic carbocycles. The number of fused-ring (bicyclic) bond motifs is 1. The van der Waals surface area contributed by atoms with Gasteiger partial charge in [0.15, 0.2) is 0 Å². The van der Waals surface area contributed by atoms with E-state index in [-0.39, 0.29) is 5.91 Å². The van der Waals surface area contributed by atoms with Crippen LogP contribution in [0.2, 0.25) is 0 Å². The molecular weight excluding hydrogens is 340 g/mol. The lowest BCUT2D eigenvalue weighted by molar-refractivity contribution is -0.529. The number of halogens is 1. The average molecular weight is 358 g/mol. The van der Waals surface area contributed by atoms with Crippen LogP contribution in [-0.4, -0.2) is 35.9 Å². The lowest BCUT2D eigenvalue weighted by atomic mass is 10.3. The fraction of sp³-hybridized carbons (Fsp3) is 0.500. The predicted molar refractivity (Wildman–Crippen MR) is 81.4 cm³/mol. The summed E-state index contributed by atoms with van der Waals surface area (Å²) in [4.78, 5) is 23.6. The normalized spacial score (nSPS) is 16.3. The fourth-order valence-corrected chi connectivity index (χ4v) is 2.35. The Bertz CT molecular complexity index is 536. The number of nitroso groups, excluding NO2 is 1. The maximum Gasteiger partial charge on any atom is 0.352 e. The second-order valence-corrected chi connectivity index (χ2v) is 5.46. The Morgan fingerprint density at radius 1 is 1.52 bits per heavy atom. The third-order valence-corrected chi connectivity index (χ3v) is 3.74. The van der Waals surface area contributed by atoms with Crippen LogP contribution in [-0.2, 0) is 4.79 Å². The summed E-state index contributed by atoms with van der Waals surface area (Å²) in [5, 5.41) is 3.59. The molecule has 1 heterocycles. The third-order valence-electron chi connectivity index (χ3n) is 3.18. The van der Waals surface area contributed by atoms with Crippen molar-refractivity contribution >= 4 is 27.5 Å². The number of nitrogens with one attached hydrogen (secondary N) is 1. The Morgan fingerprint density at radius 3 is 3.05 bits per heavy atom. The molecule has 7 heteroatoms. The third kappa shape index (κ3) is 3.93. The molecule has 0 aliphatic carbocycles. The van der Waals surface area contributed by atoms with Gasteiger partial charge in [0.1, 0.15) is 5.75 Å². The quantitative estimate of drug-likeness (QED) is 0.601. The van der Waals surface area contributed by atoms with Crippen LogP contribution < -0.4 is 14.8 Å². The van der Waals surface area contributed by atoms with E-state index in [0.717, 1.165) is 16.5 Å². The number of benzene rings is 1. The van der Waals surface area contributed by atoms with Gasteiger partial charge in [-0.3, -0.25) is 4.79 Å². The Balaban J connectivity index is 1.84. The lowest BCUT2D eigenvalue weighted by Gasteiger charge is -2.05. The van der Waals surface area contributed by atoms with Gasteiger partial charge in [0.05, 0.1) is 18.3 Å². The van der Waals surface area contributed by atoms with E-state index in [9.17, 15) is 9.70 Å². The van der Waals surface area contributed by atoms with Gasteiger partial charge in [-0.25, -0.2) is 0 Å². The van der Waals surface area contributed by atoms with E-state index in [1.54, 1.807) is 25.3 Å². The molecule has 1 atom stereocenters. The van der Waals surface area contributed by atoms with Gasteiger partial charge >= 0.3 is 11.9 Å². The first-order valence-corrected chi connectivity index (χ1v) is 7.91. The fourth-order valence-electron chi connectivity index (χ4n) is 2.07. The molecule has 1 amide bonds. The molecule has 114 valence electrons. The van der Waals surface area contributed by atoms with Crippen LogP contribution in [0.25, 0.3) is 0 Å². The van der Waals surface area contributed by atoms with E-state index in [4.69, 9.17) is 9.47 Å². The van der Waals surface area contributed by atoms with Crippen LogP contribution >= 0.6 is 15.9 Å². The number of hydrogen-bond acceptors (Lipinski definition) is 4. The predicted octanol–water partition coefficient (Wildman–Crippen LogP) is 2.51. The highest BCUT2D eigenvalue weighted by atomic mass is 79.9. The standard InChI is InChI=1S/C14H17BrN2O4/c1-20-10-4-5-11-12(9-10)21-14(17(11)19)6-8-16-13(18)3-2-7-15/h4-5,9,14H,2-3,6-8H2,1H3/p+1. The van der Waals surface area contributed by atoms with Crippen molar-refractivity contribution in [3.05, 3.63) is 23.1 Å². The molecule has 0 fully saturated rings. The molecule has 6 nitrogen and oxygen atoms in total. The number of hydrogen-bond donors (Lipinski definition) is 1. The molecule has 0 saturated carbocycles. The topological polar surface area (TPSA) is 67.6 Å². The van der Waals surface area contributed by atoms with Crippen molar-refractivity contribution < 1.29 is 19.0 Å². The molecule has 0 aromatic heterocycles. The Morgan fingerprint density at radius 2 is 2.33 bits per heavy atom. The maximum absolute atomic E-state index is 12.1. The number of ether oxygens (including phenoxy) is 2. The highest BCUT2D eigenvalue weighted by molar-refractivity contribution is 9.09. The van der Waals surface area contributed by atoms with E-state index in [1.807, 2.05) is 0 Å². The first kappa shape index (κ1) is 15.8. The zero-order chi connectivity index (χ0) is 15.2. The van der Waals surface area contributed by atoms with Crippen molar-refractivity contribution in [2.75, 3.05) is 19.0 Å². The SMILES string of the molecule is COc1ccc2c(c1)OC(CCNC(=O)CCCBr)[N+]2=O. The Kier molecular flexibility index (Phi) is 5.55. The van der Waals surface area contributed by atoms with Crippen molar-refractivity contribution in [1.82, 2.24) is 5.32 Å². The first-order valence-electron chi connectivity index (χ1n) is 6.79. The molecule has 0 spiro atoms. The summed E-state index contributed by atoms with van der Waals surface area (Å²) in [6, 6.07) is 5.09. The maximum atomic E-state index is 12.1. The van der Waals surface area contributed by atoms with Crippen molar-refractivity contribution in [3.63, 3.8) is 0 Å². The molecule has 21 heavy (non-hydrogen) atoms. The van der Waals surface area contributed by atoms with Gasteiger partial charge < -0.3 is 14.8 Å². The molecule has 1 N–H and O–H groups in total. The number of rotatable bonds is 7. The van der Waals surface area contributed by atoms with Crippen molar-refractivity contribution in [2.24, 2.45) is 0 Å². The summed E-state index contributed by atoms with van der Waals surface area (Å²) < 4.78 is 11.5. The average Bonchev–Trinajstić information content (AvgIpc) is 2.81. The van der Waals surface area contributed by atoms with Gasteiger partial charge in [0.2, 0.25) is 11.7 Å². The Hall–Kier alpha value is -1.63. The van der Waals surface area contributed by atoms with E-state index >= 15 is 0 Å². The van der Waals surface area contributed by atoms with Crippen LogP contribution in [0.15, 0.2) is 18.2 Å². The van der Waals surface area contributed by atoms with Gasteiger partial charge in [-0.2, -0.15) is 0 Å². The van der Waals surface area contributed by atoms with Crippen LogP contribution in [0.1, 0.15) is 19.3 Å². The summed E-state index contributed by atoms with van der Waals surface area (Å²) >= 11 is 3.28. The number of nitrogens with zero attached hydrogens (tertiary/aromatic N) is 1. The largest absolute Gasteiger partial charge is 0.497 e. The van der Waals surface area contributed by atoms with Crippen LogP contribution in [0.4, 0.5) is 5.69 Å². The Labute approximate surface area is 131 Å². The second kappa shape index (κ2) is 7.40. The number of amides is 1. The zero-order valence-corrected chi connectivity index (χ0v) is 13.4. The minimum atomic E-state index is -0.608. The summed E-state index contributed by atoms with van der Waals surface area (Å²) in [5.74, 6) is 1.15. The molecule has 1 aromatic rings. The van der Waals surface area contributed by atoms with Crippen molar-refractivity contribution in [3.8, 4) is 11.5 Å². The minimum Gasteiger partial charge on any atom is -0.497 e. The number of methoxy groups -OCH3 is 1. The van der Waals surface area contributed by atoms with E-state index in [2.05, 4.69) is 21.2 Å². The summed E-state index contributed by atoms with van der Waals surface area (Å²) in [5.41, 5.74) is 0.492. The van der Waals surface area contributed by atoms with Gasteiger partial charge in [-0.1, -0.05) is 15.9 Å². The lowest BCUT2D eigenvalue weighted by Crippen LogP contribution is -2.30. The molecule has 0 saturated heterocycles. The molecule has 1 unspecified atom stereocenters. The number of alkyl halides is 1. The molecule has 2 rings (SSSR count). The highest BCUT2D eigenvalue weighted by Gasteiger charge is 2.40. The van der Waals surface area contributed by atoms with E-state index in [0.29, 0.717) is 36.6 Å². The summed E-state index contributed by atoms with van der Waals surface area (Å²) in [7, 11) is 1.56. The molecular formula is C14H18BrN2O4+. The van der Waals surface area contributed by atoms with E-state index < -0.39 is 6.23 Å². The van der Waals surface area contributed by atoms with Gasteiger partial charge in [0, 0.05) is 35.3 Å². The van der Waals surface area contributed by atoms with E-state index in [1.165, 1.54) is 0 Å². The first-order chi connectivity index (χ1) is 10.2. The monoisotopic (exact) mass is 357 g/mol. The van der Waals surface area contributed by atoms with Gasteiger partial charge in [0.25, 0.3) is 0 Å². The number of carbonyl (C=O) groups excluding carboxylic acids is 1. The van der Waals surface area contributed by atoms with Gasteiger partial charge in [-0.05, 0) is 12.5 Å². The van der Waals surface area contributed by atoms with Gasteiger partial charge in [-0.15, -0.1) is 0 Å². The van der Waals surface area contributed by atoms with Crippen molar-refractivity contribution in [2.45, 2.75) is 25.5 Å². The van der Waals surface area contributed by atoms with Crippen LogP contribution in [0.3, 0.4) is 0 Å². The molecule has 1 aliphatic rings. The minimum absolute atomic E-state index is 0.0101. The summed E-state index contributed by atoms with van der Waals surface area (Å²) in [6.45, 7) is 0.412.